The molecule has 0 amide bonds. The number of aryl methyl sites for hydroxylation is 1. The number of aromatic nitrogens is 2. The van der Waals surface area contributed by atoms with Crippen LogP contribution in [0.4, 0.5) is 0 Å². The van der Waals surface area contributed by atoms with Crippen LogP contribution in [0.25, 0.3) is 21.8 Å². The average molecular weight is 309 g/mol. The van der Waals surface area contributed by atoms with Gasteiger partial charge in [-0.15, -0.1) is 0 Å². The van der Waals surface area contributed by atoms with Crippen molar-refractivity contribution in [1.29, 1.82) is 0 Å². The van der Waals surface area contributed by atoms with Gasteiger partial charge < -0.3 is 9.72 Å². The van der Waals surface area contributed by atoms with Crippen LogP contribution in [0, 0.1) is 6.92 Å². The molecule has 1 aromatic carbocycles. The first-order chi connectivity index (χ1) is 9.45. The van der Waals surface area contributed by atoms with Gasteiger partial charge in [0.2, 0.25) is 0 Å². The van der Waals surface area contributed by atoms with E-state index in [-0.39, 0.29) is 0 Å². The fraction of sp³-hybridized carbons (Fsp3) is 0.143. The van der Waals surface area contributed by atoms with Crippen molar-refractivity contribution >= 4 is 51.0 Å². The maximum atomic E-state index is 11.1. The van der Waals surface area contributed by atoms with Crippen molar-refractivity contribution in [3.05, 3.63) is 34.1 Å². The molecule has 0 aliphatic rings. The second kappa shape index (κ2) is 4.65. The van der Waals surface area contributed by atoms with Gasteiger partial charge in [0.1, 0.15) is 5.15 Å². The van der Waals surface area contributed by atoms with Gasteiger partial charge in [0.25, 0.3) is 0 Å². The Balaban J connectivity index is 2.34. The molecule has 0 aliphatic heterocycles. The molecule has 0 bridgehead atoms. The van der Waals surface area contributed by atoms with Crippen molar-refractivity contribution < 1.29 is 9.53 Å². The molecule has 2 heterocycles. The minimum absolute atomic E-state index is 0.329. The van der Waals surface area contributed by atoms with Gasteiger partial charge in [-0.3, -0.25) is 4.79 Å². The van der Waals surface area contributed by atoms with Gasteiger partial charge in [-0.1, -0.05) is 23.2 Å². The van der Waals surface area contributed by atoms with Crippen LogP contribution in [0.5, 0.6) is 5.75 Å². The summed E-state index contributed by atoms with van der Waals surface area (Å²) in [6.45, 7) is 3.21. The summed E-state index contributed by atoms with van der Waals surface area (Å²) >= 11 is 12.1. The molecule has 2 aromatic heterocycles. The predicted molar refractivity (Wildman–Crippen MR) is 79.7 cm³/mol. The Hall–Kier alpha value is -1.78. The number of H-pyrrole nitrogens is 1. The van der Waals surface area contributed by atoms with E-state index < -0.39 is 5.97 Å². The van der Waals surface area contributed by atoms with Gasteiger partial charge in [0.15, 0.2) is 5.75 Å². The van der Waals surface area contributed by atoms with Gasteiger partial charge in [-0.05, 0) is 19.1 Å². The van der Waals surface area contributed by atoms with Crippen molar-refractivity contribution in [1.82, 2.24) is 9.97 Å². The van der Waals surface area contributed by atoms with Crippen molar-refractivity contribution in [2.75, 3.05) is 0 Å². The normalized spacial score (nSPS) is 11.2. The summed E-state index contributed by atoms with van der Waals surface area (Å²) in [5.41, 5.74) is 2.50. The smallest absolute Gasteiger partial charge is 0.308 e. The predicted octanol–water partition coefficient (Wildman–Crippen LogP) is 4.26. The molecule has 0 aliphatic carbocycles. The lowest BCUT2D eigenvalue weighted by Gasteiger charge is -2.03. The van der Waals surface area contributed by atoms with E-state index >= 15 is 0 Å². The standard InChI is InChI=1S/C14H10Cl2N2O2/c1-6-14-9(4-13(16)17-6)8-3-10(15)12(20-7(2)19)5-11(8)18-14/h3-5,18H,1-2H3. The van der Waals surface area contributed by atoms with E-state index in [1.54, 1.807) is 18.2 Å². The number of carbonyl (C=O) groups is 1. The van der Waals surface area contributed by atoms with E-state index in [2.05, 4.69) is 9.97 Å². The van der Waals surface area contributed by atoms with Crippen molar-refractivity contribution in [3.8, 4) is 5.75 Å². The molecule has 0 saturated heterocycles. The van der Waals surface area contributed by atoms with Crippen LogP contribution in [0.1, 0.15) is 12.6 Å². The number of benzene rings is 1. The molecule has 0 atom stereocenters. The van der Waals surface area contributed by atoms with Crippen LogP contribution in [0.3, 0.4) is 0 Å². The summed E-state index contributed by atoms with van der Waals surface area (Å²) in [4.78, 5) is 18.5. The van der Waals surface area contributed by atoms with E-state index in [9.17, 15) is 4.79 Å². The molecule has 0 spiro atoms. The zero-order valence-corrected chi connectivity index (χ0v) is 12.3. The highest BCUT2D eigenvalue weighted by Gasteiger charge is 2.13. The monoisotopic (exact) mass is 308 g/mol. The fourth-order valence-corrected chi connectivity index (χ4v) is 2.69. The molecule has 20 heavy (non-hydrogen) atoms. The van der Waals surface area contributed by atoms with E-state index in [4.69, 9.17) is 27.9 Å². The Morgan fingerprint density at radius 1 is 1.25 bits per heavy atom. The largest absolute Gasteiger partial charge is 0.425 e. The number of fused-ring (bicyclic) bond motifs is 3. The number of halogens is 2. The third-order valence-corrected chi connectivity index (χ3v) is 3.53. The first-order valence-corrected chi connectivity index (χ1v) is 6.68. The first-order valence-electron chi connectivity index (χ1n) is 5.92. The third-order valence-electron chi connectivity index (χ3n) is 3.04. The Kier molecular flexibility index (Phi) is 3.07. The van der Waals surface area contributed by atoms with Crippen LogP contribution in [-0.2, 0) is 4.79 Å². The molecule has 0 radical (unpaired) electrons. The Bertz CT molecular complexity index is 855. The lowest BCUT2D eigenvalue weighted by Crippen LogP contribution is -2.01. The Morgan fingerprint density at radius 3 is 2.70 bits per heavy atom. The Labute approximate surface area is 124 Å². The topological polar surface area (TPSA) is 55.0 Å². The number of ether oxygens (including phenoxy) is 1. The van der Waals surface area contributed by atoms with Crippen LogP contribution in [0.15, 0.2) is 18.2 Å². The highest BCUT2D eigenvalue weighted by atomic mass is 35.5. The summed E-state index contributed by atoms with van der Waals surface area (Å²) in [5.74, 6) is -0.0850. The number of nitrogens with one attached hydrogen (secondary N) is 1. The molecule has 3 rings (SSSR count). The van der Waals surface area contributed by atoms with E-state index in [0.29, 0.717) is 15.9 Å². The van der Waals surface area contributed by atoms with Crippen LogP contribution in [-0.4, -0.2) is 15.9 Å². The van der Waals surface area contributed by atoms with Crippen molar-refractivity contribution in [3.63, 3.8) is 0 Å². The van der Waals surface area contributed by atoms with Crippen LogP contribution in [0.2, 0.25) is 10.2 Å². The molecule has 4 nitrogen and oxygen atoms in total. The SMILES string of the molecule is CC(=O)Oc1cc2[nH]c3c(C)nc(Cl)cc3c2cc1Cl. The third kappa shape index (κ3) is 2.11. The highest BCUT2D eigenvalue weighted by Crippen LogP contribution is 2.35. The fourth-order valence-electron chi connectivity index (χ4n) is 2.25. The number of rotatable bonds is 1. The van der Waals surface area contributed by atoms with Gasteiger partial charge >= 0.3 is 5.97 Å². The van der Waals surface area contributed by atoms with Gasteiger partial charge in [0, 0.05) is 23.8 Å². The molecule has 3 aromatic rings. The molecular weight excluding hydrogens is 299 g/mol. The van der Waals surface area contributed by atoms with E-state index in [0.717, 1.165) is 27.5 Å². The number of hydrogen-bond acceptors (Lipinski definition) is 3. The molecular formula is C14H10Cl2N2O2. The number of esters is 1. The lowest BCUT2D eigenvalue weighted by molar-refractivity contribution is -0.131. The van der Waals surface area contributed by atoms with Crippen molar-refractivity contribution in [2.45, 2.75) is 13.8 Å². The van der Waals surface area contributed by atoms with Gasteiger partial charge in [0.05, 0.1) is 21.7 Å². The molecule has 102 valence electrons. The molecule has 1 N–H and O–H groups in total. The van der Waals surface area contributed by atoms with Crippen molar-refractivity contribution in [2.24, 2.45) is 0 Å². The summed E-state index contributed by atoms with van der Waals surface area (Å²) in [5, 5.41) is 2.65. The molecule has 0 saturated carbocycles. The zero-order valence-electron chi connectivity index (χ0n) is 10.8. The van der Waals surface area contributed by atoms with Crippen LogP contribution < -0.4 is 4.74 Å². The zero-order chi connectivity index (χ0) is 14.4. The minimum atomic E-state index is -0.414. The number of aromatic amines is 1. The maximum absolute atomic E-state index is 11.1. The second-order valence-corrected chi connectivity index (χ2v) is 5.29. The van der Waals surface area contributed by atoms with Gasteiger partial charge in [-0.2, -0.15) is 0 Å². The first kappa shape index (κ1) is 13.2. The highest BCUT2D eigenvalue weighted by molar-refractivity contribution is 6.34. The quantitative estimate of drug-likeness (QED) is 0.415. The number of carbonyl (C=O) groups excluding carboxylic acids is 1. The molecule has 0 fully saturated rings. The number of hydrogen-bond donors (Lipinski definition) is 1. The van der Waals surface area contributed by atoms with Gasteiger partial charge in [-0.25, -0.2) is 4.98 Å². The summed E-state index contributed by atoms with van der Waals surface area (Å²) in [6, 6.07) is 5.24. The maximum Gasteiger partial charge on any atom is 0.308 e. The van der Waals surface area contributed by atoms with E-state index in [1.165, 1.54) is 6.92 Å². The van der Waals surface area contributed by atoms with Crippen LogP contribution >= 0.6 is 23.2 Å². The lowest BCUT2D eigenvalue weighted by atomic mass is 10.1. The second-order valence-electron chi connectivity index (χ2n) is 4.50. The summed E-state index contributed by atoms with van der Waals surface area (Å²) < 4.78 is 5.07. The summed E-state index contributed by atoms with van der Waals surface area (Å²) in [7, 11) is 0. The molecule has 0 unspecified atom stereocenters. The number of pyridine rings is 1. The number of nitrogens with zero attached hydrogens (tertiary/aromatic N) is 1. The van der Waals surface area contributed by atoms with E-state index in [1.807, 2.05) is 6.92 Å². The molecule has 6 heteroatoms. The Morgan fingerprint density at radius 2 is 2.00 bits per heavy atom. The minimum Gasteiger partial charge on any atom is -0.425 e. The average Bonchev–Trinajstić information content (AvgIpc) is 2.68. The summed E-state index contributed by atoms with van der Waals surface area (Å²) in [6.07, 6.45) is 0.